The van der Waals surface area contributed by atoms with Gasteiger partial charge < -0.3 is 15.8 Å². The van der Waals surface area contributed by atoms with Gasteiger partial charge in [-0.1, -0.05) is 6.42 Å². The van der Waals surface area contributed by atoms with Crippen molar-refractivity contribution in [3.8, 4) is 5.75 Å². The normalized spacial score (nSPS) is 23.9. The Kier molecular flexibility index (Phi) is 6.39. The number of anilines is 1. The predicted molar refractivity (Wildman–Crippen MR) is 104 cm³/mol. The van der Waals surface area contributed by atoms with Crippen LogP contribution in [0.4, 0.5) is 5.69 Å². The highest BCUT2D eigenvalue weighted by Gasteiger charge is 2.31. The largest absolute Gasteiger partial charge is 0.492 e. The summed E-state index contributed by atoms with van der Waals surface area (Å²) in [6.45, 7) is 3.22. The first-order valence-electron chi connectivity index (χ1n) is 9.75. The summed E-state index contributed by atoms with van der Waals surface area (Å²) in [5, 5.41) is 2.87. The molecule has 1 aliphatic carbocycles. The Balaban J connectivity index is 1.83. The summed E-state index contributed by atoms with van der Waals surface area (Å²) in [7, 11) is -3.65. The summed E-state index contributed by atoms with van der Waals surface area (Å²) in [4.78, 5) is 12.7. The van der Waals surface area contributed by atoms with E-state index in [1.807, 2.05) is 6.92 Å². The monoisotopic (exact) mass is 395 g/mol. The lowest BCUT2D eigenvalue weighted by Crippen LogP contribution is -2.34. The summed E-state index contributed by atoms with van der Waals surface area (Å²) < 4.78 is 33.1. The van der Waals surface area contributed by atoms with Gasteiger partial charge in [-0.25, -0.2) is 8.42 Å². The Hall–Kier alpha value is -1.64. The first kappa shape index (κ1) is 20.1. The van der Waals surface area contributed by atoms with E-state index in [4.69, 9.17) is 10.5 Å². The van der Waals surface area contributed by atoms with Crippen molar-refractivity contribution in [2.24, 2.45) is 11.7 Å². The molecule has 1 saturated heterocycles. The number of nitrogens with one attached hydrogen (secondary N) is 1. The van der Waals surface area contributed by atoms with Gasteiger partial charge in [0, 0.05) is 30.7 Å². The SMILES string of the molecule is CCOc1ccc(NC(=O)C2CCCC(N)C2)cc1S(=O)(=O)N1CCCC1. The lowest BCUT2D eigenvalue weighted by atomic mass is 9.85. The van der Waals surface area contributed by atoms with E-state index in [-0.39, 0.29) is 22.8 Å². The Bertz CT molecular complexity index is 775. The van der Waals surface area contributed by atoms with Crippen molar-refractivity contribution in [1.29, 1.82) is 0 Å². The van der Waals surface area contributed by atoms with Gasteiger partial charge >= 0.3 is 0 Å². The van der Waals surface area contributed by atoms with Crippen molar-refractivity contribution in [3.05, 3.63) is 18.2 Å². The van der Waals surface area contributed by atoms with E-state index in [9.17, 15) is 13.2 Å². The van der Waals surface area contributed by atoms with Crippen LogP contribution in [0.25, 0.3) is 0 Å². The van der Waals surface area contributed by atoms with Gasteiger partial charge in [0.05, 0.1) is 6.61 Å². The van der Waals surface area contributed by atoms with Gasteiger partial charge in [0.1, 0.15) is 10.6 Å². The molecule has 0 bridgehead atoms. The smallest absolute Gasteiger partial charge is 0.246 e. The second kappa shape index (κ2) is 8.58. The number of nitrogens with zero attached hydrogens (tertiary/aromatic N) is 1. The average Bonchev–Trinajstić information content (AvgIpc) is 3.18. The molecule has 2 aliphatic rings. The lowest BCUT2D eigenvalue weighted by molar-refractivity contribution is -0.120. The van der Waals surface area contributed by atoms with Gasteiger partial charge in [0.25, 0.3) is 0 Å². The molecule has 2 fully saturated rings. The topological polar surface area (TPSA) is 102 Å². The molecule has 1 aliphatic heterocycles. The zero-order valence-electron chi connectivity index (χ0n) is 15.8. The fourth-order valence-electron chi connectivity index (χ4n) is 3.84. The Labute approximate surface area is 161 Å². The maximum atomic E-state index is 13.0. The van der Waals surface area contributed by atoms with E-state index in [2.05, 4.69) is 5.32 Å². The molecule has 1 aromatic carbocycles. The zero-order valence-corrected chi connectivity index (χ0v) is 16.6. The quantitative estimate of drug-likeness (QED) is 0.770. The fraction of sp³-hybridized carbons (Fsp3) is 0.632. The van der Waals surface area contributed by atoms with Crippen molar-refractivity contribution in [3.63, 3.8) is 0 Å². The van der Waals surface area contributed by atoms with Crippen LogP contribution in [0.1, 0.15) is 45.4 Å². The number of carbonyl (C=O) groups is 1. The molecular formula is C19H29N3O4S. The van der Waals surface area contributed by atoms with Gasteiger partial charge in [-0.05, 0) is 57.2 Å². The average molecular weight is 396 g/mol. The summed E-state index contributed by atoms with van der Waals surface area (Å²) in [5.74, 6) is 0.0971. The predicted octanol–water partition coefficient (Wildman–Crippen LogP) is 2.33. The Morgan fingerprint density at radius 1 is 1.26 bits per heavy atom. The van der Waals surface area contributed by atoms with Crippen LogP contribution in [0.5, 0.6) is 5.75 Å². The van der Waals surface area contributed by atoms with Gasteiger partial charge in [0.2, 0.25) is 15.9 Å². The highest BCUT2D eigenvalue weighted by atomic mass is 32.2. The van der Waals surface area contributed by atoms with E-state index in [0.717, 1.165) is 32.1 Å². The summed E-state index contributed by atoms with van der Waals surface area (Å²) in [6, 6.07) is 4.88. The van der Waals surface area contributed by atoms with Crippen LogP contribution in [0.15, 0.2) is 23.1 Å². The molecule has 1 aromatic rings. The van der Waals surface area contributed by atoms with E-state index < -0.39 is 10.0 Å². The van der Waals surface area contributed by atoms with Crippen LogP contribution in [0.2, 0.25) is 0 Å². The zero-order chi connectivity index (χ0) is 19.4. The molecule has 0 spiro atoms. The minimum atomic E-state index is -3.65. The minimum absolute atomic E-state index is 0.0564. The molecule has 1 amide bonds. The third-order valence-corrected chi connectivity index (χ3v) is 7.20. The van der Waals surface area contributed by atoms with E-state index in [1.54, 1.807) is 12.1 Å². The number of ether oxygens (including phenoxy) is 1. The first-order valence-corrected chi connectivity index (χ1v) is 11.2. The van der Waals surface area contributed by atoms with Crippen LogP contribution >= 0.6 is 0 Å². The highest BCUT2D eigenvalue weighted by molar-refractivity contribution is 7.89. The number of sulfonamides is 1. The van der Waals surface area contributed by atoms with Crippen LogP contribution in [0, 0.1) is 5.92 Å². The van der Waals surface area contributed by atoms with Crippen LogP contribution in [-0.2, 0) is 14.8 Å². The molecule has 2 atom stereocenters. The lowest BCUT2D eigenvalue weighted by Gasteiger charge is -2.26. The van der Waals surface area contributed by atoms with Gasteiger partial charge in [-0.2, -0.15) is 4.31 Å². The Morgan fingerprint density at radius 3 is 2.67 bits per heavy atom. The van der Waals surface area contributed by atoms with Crippen molar-refractivity contribution in [2.45, 2.75) is 56.4 Å². The molecule has 2 unspecified atom stereocenters. The number of hydrogen-bond donors (Lipinski definition) is 2. The summed E-state index contributed by atoms with van der Waals surface area (Å²) >= 11 is 0. The minimum Gasteiger partial charge on any atom is -0.492 e. The van der Waals surface area contributed by atoms with Crippen LogP contribution in [-0.4, -0.2) is 44.4 Å². The first-order chi connectivity index (χ1) is 12.9. The van der Waals surface area contributed by atoms with Gasteiger partial charge in [-0.15, -0.1) is 0 Å². The maximum absolute atomic E-state index is 13.0. The second-order valence-electron chi connectivity index (χ2n) is 7.32. The Morgan fingerprint density at radius 2 is 2.00 bits per heavy atom. The van der Waals surface area contributed by atoms with Crippen LogP contribution in [0.3, 0.4) is 0 Å². The van der Waals surface area contributed by atoms with Crippen molar-refractivity contribution in [1.82, 2.24) is 4.31 Å². The number of rotatable bonds is 6. The molecule has 0 radical (unpaired) electrons. The molecule has 27 heavy (non-hydrogen) atoms. The molecular weight excluding hydrogens is 366 g/mol. The number of hydrogen-bond acceptors (Lipinski definition) is 5. The third kappa shape index (κ3) is 4.62. The molecule has 8 heteroatoms. The number of amides is 1. The standard InChI is InChI=1S/C19H29N3O4S/c1-2-26-17-9-8-16(21-19(23)14-6-5-7-15(20)12-14)13-18(17)27(24,25)22-10-3-4-11-22/h8-9,13-15H,2-7,10-12,20H2,1H3,(H,21,23). The number of nitrogens with two attached hydrogens (primary N) is 1. The van der Waals surface area contributed by atoms with Crippen molar-refractivity contribution >= 4 is 21.6 Å². The van der Waals surface area contributed by atoms with Crippen LogP contribution < -0.4 is 15.8 Å². The molecule has 3 N–H and O–H groups in total. The fourth-order valence-corrected chi connectivity index (χ4v) is 5.51. The molecule has 1 saturated carbocycles. The molecule has 0 aromatic heterocycles. The van der Waals surface area contributed by atoms with Gasteiger partial charge in [0.15, 0.2) is 0 Å². The number of benzene rings is 1. The second-order valence-corrected chi connectivity index (χ2v) is 9.22. The summed E-state index contributed by atoms with van der Waals surface area (Å²) in [6.07, 6.45) is 5.10. The molecule has 7 nitrogen and oxygen atoms in total. The van der Waals surface area contributed by atoms with Crippen molar-refractivity contribution in [2.75, 3.05) is 25.0 Å². The summed E-state index contributed by atoms with van der Waals surface area (Å²) in [5.41, 5.74) is 6.45. The maximum Gasteiger partial charge on any atom is 0.246 e. The third-order valence-electron chi connectivity index (χ3n) is 5.28. The molecule has 1 heterocycles. The van der Waals surface area contributed by atoms with Gasteiger partial charge in [-0.3, -0.25) is 4.79 Å². The highest BCUT2D eigenvalue weighted by Crippen LogP contribution is 2.32. The van der Waals surface area contributed by atoms with E-state index >= 15 is 0 Å². The number of carbonyl (C=O) groups excluding carboxylic acids is 1. The molecule has 150 valence electrons. The van der Waals surface area contributed by atoms with E-state index in [0.29, 0.717) is 37.6 Å². The van der Waals surface area contributed by atoms with Crippen molar-refractivity contribution < 1.29 is 17.9 Å². The molecule has 3 rings (SSSR count). The van der Waals surface area contributed by atoms with E-state index in [1.165, 1.54) is 10.4 Å².